The van der Waals surface area contributed by atoms with Gasteiger partial charge < -0.3 is 30.1 Å². The van der Waals surface area contributed by atoms with Crippen molar-refractivity contribution in [2.24, 2.45) is 0 Å². The first-order chi connectivity index (χ1) is 20.6. The van der Waals surface area contributed by atoms with Crippen LogP contribution in [0.5, 0.6) is 0 Å². The Bertz CT molecular complexity index is 1200. The lowest BCUT2D eigenvalue weighted by Gasteiger charge is -2.27. The van der Waals surface area contributed by atoms with E-state index in [9.17, 15) is 33.9 Å². The fourth-order valence-corrected chi connectivity index (χ4v) is 4.63. The molecule has 2 aromatic carbocycles. The van der Waals surface area contributed by atoms with E-state index in [4.69, 9.17) is 4.74 Å². The van der Waals surface area contributed by atoms with Crippen molar-refractivity contribution in [3.63, 3.8) is 0 Å². The van der Waals surface area contributed by atoms with Gasteiger partial charge in [0.2, 0.25) is 11.8 Å². The monoisotopic (exact) mass is 617 g/mol. The summed E-state index contributed by atoms with van der Waals surface area (Å²) >= 11 is 1.23. The van der Waals surface area contributed by atoms with Crippen molar-refractivity contribution < 1.29 is 43.3 Å². The average molecular weight is 618 g/mol. The number of carboxylic acid groups (broad SMARTS) is 1. The molecule has 12 nitrogen and oxygen atoms in total. The molecule has 3 rings (SSSR count). The SMILES string of the molecule is CC.CCOC(=O)C(=O)CNC(=O)[C@@H]1CSCN1C(=O)[C@H](CC(=O)O)NC(=O)OCc1ccccc1.Cc1ccccc1. The molecule has 3 N–H and O–H groups in total. The molecule has 2 atom stereocenters. The molecule has 13 heteroatoms. The second kappa shape index (κ2) is 20.5. The van der Waals surface area contributed by atoms with E-state index in [2.05, 4.69) is 34.4 Å². The van der Waals surface area contributed by atoms with Crippen LogP contribution in [0.1, 0.15) is 38.3 Å². The van der Waals surface area contributed by atoms with Gasteiger partial charge in [0, 0.05) is 5.75 Å². The van der Waals surface area contributed by atoms with Crippen LogP contribution in [0.3, 0.4) is 0 Å². The topological polar surface area (TPSA) is 168 Å². The Hall–Kier alpha value is -4.39. The van der Waals surface area contributed by atoms with E-state index in [1.165, 1.54) is 24.2 Å². The lowest BCUT2D eigenvalue weighted by Crippen LogP contribution is -2.55. The Morgan fingerprint density at radius 3 is 2.12 bits per heavy atom. The number of alkyl carbamates (subject to hydrolysis) is 1. The summed E-state index contributed by atoms with van der Waals surface area (Å²) in [6.45, 7) is 6.93. The smallest absolute Gasteiger partial charge is 0.408 e. The van der Waals surface area contributed by atoms with Gasteiger partial charge in [-0.1, -0.05) is 80.1 Å². The van der Waals surface area contributed by atoms with Gasteiger partial charge in [-0.3, -0.25) is 19.2 Å². The van der Waals surface area contributed by atoms with Crippen LogP contribution in [-0.4, -0.2) is 82.5 Å². The number of nitrogens with one attached hydrogen (secondary N) is 2. The van der Waals surface area contributed by atoms with Gasteiger partial charge in [-0.15, -0.1) is 11.8 Å². The summed E-state index contributed by atoms with van der Waals surface area (Å²) in [6, 6.07) is 16.5. The van der Waals surface area contributed by atoms with Crippen molar-refractivity contribution in [3.8, 4) is 0 Å². The third-order valence-electron chi connectivity index (χ3n) is 5.52. The first kappa shape index (κ1) is 36.6. The van der Waals surface area contributed by atoms with Gasteiger partial charge in [0.1, 0.15) is 18.7 Å². The minimum Gasteiger partial charge on any atom is -0.481 e. The summed E-state index contributed by atoms with van der Waals surface area (Å²) in [6.07, 6.45) is -1.72. The van der Waals surface area contributed by atoms with Crippen molar-refractivity contribution in [2.45, 2.75) is 52.8 Å². The summed E-state index contributed by atoms with van der Waals surface area (Å²) in [5.41, 5.74) is 2.02. The summed E-state index contributed by atoms with van der Waals surface area (Å²) in [5.74, 6) is -4.61. The molecular weight excluding hydrogens is 578 g/mol. The number of thioether (sulfide) groups is 1. The summed E-state index contributed by atoms with van der Waals surface area (Å²) in [7, 11) is 0. The van der Waals surface area contributed by atoms with Gasteiger partial charge in [0.05, 0.1) is 25.4 Å². The Labute approximate surface area is 255 Å². The van der Waals surface area contributed by atoms with Gasteiger partial charge in [-0.2, -0.15) is 0 Å². The molecule has 2 aromatic rings. The first-order valence-electron chi connectivity index (χ1n) is 13.7. The summed E-state index contributed by atoms with van der Waals surface area (Å²) in [4.78, 5) is 73.1. The predicted octanol–water partition coefficient (Wildman–Crippen LogP) is 2.93. The summed E-state index contributed by atoms with van der Waals surface area (Å²) < 4.78 is 9.61. The number of nitrogens with zero attached hydrogens (tertiary/aromatic N) is 1. The number of carbonyl (C=O) groups excluding carboxylic acids is 5. The molecule has 0 aromatic heterocycles. The van der Waals surface area contributed by atoms with E-state index in [0.717, 1.165) is 4.90 Å². The molecule has 0 saturated carbocycles. The quantitative estimate of drug-likeness (QED) is 0.252. The molecule has 1 heterocycles. The summed E-state index contributed by atoms with van der Waals surface area (Å²) in [5, 5.41) is 13.7. The molecule has 234 valence electrons. The third-order valence-corrected chi connectivity index (χ3v) is 6.53. The minimum absolute atomic E-state index is 0.00577. The molecule has 1 aliphatic rings. The molecule has 0 bridgehead atoms. The van der Waals surface area contributed by atoms with Crippen LogP contribution in [0, 0.1) is 6.92 Å². The number of ketones is 1. The molecule has 3 amide bonds. The van der Waals surface area contributed by atoms with Crippen molar-refractivity contribution in [1.82, 2.24) is 15.5 Å². The number of Topliss-reactive ketones (excluding diaryl/α,β-unsaturated/α-hetero) is 1. The van der Waals surface area contributed by atoms with Gasteiger partial charge in [-0.05, 0) is 19.4 Å². The van der Waals surface area contributed by atoms with Crippen LogP contribution in [0.25, 0.3) is 0 Å². The molecular formula is C30H39N3O9S. The van der Waals surface area contributed by atoms with Gasteiger partial charge in [0.15, 0.2) is 0 Å². The number of aliphatic carboxylic acids is 1. The Balaban J connectivity index is 0.000000883. The molecule has 0 spiro atoms. The molecule has 0 unspecified atom stereocenters. The number of amides is 3. The van der Waals surface area contributed by atoms with E-state index in [0.29, 0.717) is 5.56 Å². The standard InChI is InChI=1S/C21H25N3O9S.C7H8.C2H6/c1-2-32-20(30)16(25)9-22-18(28)15-11-34-12-24(15)19(29)14(8-17(26)27)23-21(31)33-10-13-6-4-3-5-7-13;1-7-5-3-2-4-6-7;1-2/h3-7,14-15H,2,8-12H2,1H3,(H,22,28)(H,23,31)(H,26,27);2-6H,1H3;1-2H3/t14-,15-;;/m0../s1. The molecule has 0 aliphatic carbocycles. The zero-order chi connectivity index (χ0) is 32.2. The number of benzene rings is 2. The zero-order valence-corrected chi connectivity index (χ0v) is 25.6. The minimum atomic E-state index is -1.48. The number of carbonyl (C=O) groups is 6. The molecule has 43 heavy (non-hydrogen) atoms. The lowest BCUT2D eigenvalue weighted by atomic mass is 10.1. The Kier molecular flexibility index (Phi) is 17.5. The van der Waals surface area contributed by atoms with Crippen LogP contribution in [0.15, 0.2) is 60.7 Å². The van der Waals surface area contributed by atoms with Gasteiger partial charge >= 0.3 is 18.0 Å². The molecule has 1 aliphatic heterocycles. The first-order valence-corrected chi connectivity index (χ1v) is 14.8. The van der Waals surface area contributed by atoms with Gasteiger partial charge in [0.25, 0.3) is 5.78 Å². The van der Waals surface area contributed by atoms with E-state index in [1.54, 1.807) is 30.3 Å². The number of aryl methyl sites for hydroxylation is 1. The number of hydrogen-bond acceptors (Lipinski definition) is 9. The fraction of sp³-hybridized carbons (Fsp3) is 0.400. The second-order valence-corrected chi connectivity index (χ2v) is 9.70. The molecule has 1 fully saturated rings. The number of ether oxygens (including phenoxy) is 2. The largest absolute Gasteiger partial charge is 0.481 e. The average Bonchev–Trinajstić information content (AvgIpc) is 3.50. The number of carboxylic acids is 1. The normalized spacial score (nSPS) is 14.0. The van der Waals surface area contributed by atoms with Crippen LogP contribution in [-0.2, 0) is 40.1 Å². The highest BCUT2D eigenvalue weighted by atomic mass is 32.2. The molecule has 1 saturated heterocycles. The van der Waals surface area contributed by atoms with Crippen molar-refractivity contribution in [2.75, 3.05) is 24.8 Å². The zero-order valence-electron chi connectivity index (χ0n) is 24.7. The van der Waals surface area contributed by atoms with Crippen molar-refractivity contribution in [3.05, 3.63) is 71.8 Å². The number of rotatable bonds is 11. The van der Waals surface area contributed by atoms with E-state index in [-0.39, 0.29) is 24.8 Å². The second-order valence-electron chi connectivity index (χ2n) is 8.70. The van der Waals surface area contributed by atoms with Crippen LogP contribution >= 0.6 is 11.8 Å². The highest BCUT2D eigenvalue weighted by Gasteiger charge is 2.39. The van der Waals surface area contributed by atoms with E-state index < -0.39 is 60.7 Å². The lowest BCUT2D eigenvalue weighted by molar-refractivity contribution is -0.153. The van der Waals surface area contributed by atoms with Crippen LogP contribution in [0.2, 0.25) is 0 Å². The van der Waals surface area contributed by atoms with Crippen LogP contribution < -0.4 is 10.6 Å². The fourth-order valence-electron chi connectivity index (χ4n) is 3.46. The van der Waals surface area contributed by atoms with Crippen molar-refractivity contribution in [1.29, 1.82) is 0 Å². The maximum atomic E-state index is 13.0. The van der Waals surface area contributed by atoms with E-state index >= 15 is 0 Å². The maximum absolute atomic E-state index is 13.0. The Morgan fingerprint density at radius 2 is 1.58 bits per heavy atom. The predicted molar refractivity (Wildman–Crippen MR) is 161 cm³/mol. The highest BCUT2D eigenvalue weighted by molar-refractivity contribution is 7.99. The highest BCUT2D eigenvalue weighted by Crippen LogP contribution is 2.22. The molecule has 0 radical (unpaired) electrons. The number of esters is 1. The van der Waals surface area contributed by atoms with E-state index in [1.807, 2.05) is 32.0 Å². The van der Waals surface area contributed by atoms with Crippen molar-refractivity contribution >= 4 is 47.4 Å². The Morgan fingerprint density at radius 1 is 0.977 bits per heavy atom. The number of hydrogen-bond donors (Lipinski definition) is 3. The van der Waals surface area contributed by atoms with Gasteiger partial charge in [-0.25, -0.2) is 9.59 Å². The van der Waals surface area contributed by atoms with Crippen LogP contribution in [0.4, 0.5) is 4.79 Å². The maximum Gasteiger partial charge on any atom is 0.408 e. The third kappa shape index (κ3) is 13.9.